The van der Waals surface area contributed by atoms with E-state index in [1.165, 1.54) is 68.2 Å². The molecule has 0 aliphatic heterocycles. The number of para-hydroxylation sites is 1. The van der Waals surface area contributed by atoms with Crippen molar-refractivity contribution >= 4 is 23.0 Å². The summed E-state index contributed by atoms with van der Waals surface area (Å²) in [7, 11) is 0. The Balaban J connectivity index is 2.52. The van der Waals surface area contributed by atoms with E-state index in [-0.39, 0.29) is 0 Å². The number of hydrogen-bond acceptors (Lipinski definition) is 1. The monoisotopic (exact) mass is 404 g/mol. The van der Waals surface area contributed by atoms with Crippen molar-refractivity contribution in [1.82, 2.24) is 5.32 Å². The fraction of sp³-hybridized carbons (Fsp3) is 0.720. The van der Waals surface area contributed by atoms with Gasteiger partial charge >= 0.3 is 0 Å². The minimum atomic E-state index is 0.530. The maximum Gasteiger partial charge on any atom is 0.170 e. The second kappa shape index (κ2) is 14.8. The Morgan fingerprint density at radius 1 is 0.821 bits per heavy atom. The molecular weight excluding hydrogens is 360 g/mol. The van der Waals surface area contributed by atoms with Gasteiger partial charge in [-0.3, -0.25) is 0 Å². The van der Waals surface area contributed by atoms with Gasteiger partial charge in [0.25, 0.3) is 0 Å². The van der Waals surface area contributed by atoms with Crippen LogP contribution in [0.25, 0.3) is 0 Å². The molecule has 0 fully saturated rings. The predicted molar refractivity (Wildman–Crippen MR) is 131 cm³/mol. The van der Waals surface area contributed by atoms with Gasteiger partial charge < -0.3 is 10.6 Å². The van der Waals surface area contributed by atoms with Crippen LogP contribution in [0.2, 0.25) is 0 Å². The smallest absolute Gasteiger partial charge is 0.170 e. The molecule has 2 N–H and O–H groups in total. The second-order valence-corrected chi connectivity index (χ2v) is 8.69. The third-order valence-electron chi connectivity index (χ3n) is 5.97. The Morgan fingerprint density at radius 2 is 1.32 bits per heavy atom. The molecule has 0 aliphatic rings. The minimum absolute atomic E-state index is 0.530. The van der Waals surface area contributed by atoms with Crippen molar-refractivity contribution in [2.24, 2.45) is 0 Å². The number of thiocarbonyl (C=S) groups is 1. The summed E-state index contributed by atoms with van der Waals surface area (Å²) < 4.78 is 0. The summed E-state index contributed by atoms with van der Waals surface area (Å²) in [6.45, 7) is 12.4. The van der Waals surface area contributed by atoms with E-state index < -0.39 is 0 Å². The fourth-order valence-corrected chi connectivity index (χ4v) is 3.82. The molecule has 0 radical (unpaired) electrons. The summed E-state index contributed by atoms with van der Waals surface area (Å²) >= 11 is 5.63. The van der Waals surface area contributed by atoms with E-state index in [9.17, 15) is 0 Å². The Hall–Kier alpha value is -1.09. The van der Waals surface area contributed by atoms with Gasteiger partial charge in [-0.05, 0) is 54.4 Å². The summed E-state index contributed by atoms with van der Waals surface area (Å²) in [5, 5.41) is 7.75. The lowest BCUT2D eigenvalue weighted by Crippen LogP contribution is -2.30. The summed E-state index contributed by atoms with van der Waals surface area (Å²) in [6, 6.07) is 6.71. The quantitative estimate of drug-likeness (QED) is 0.242. The van der Waals surface area contributed by atoms with Crippen molar-refractivity contribution < 1.29 is 0 Å². The van der Waals surface area contributed by atoms with Crippen LogP contribution in [0.1, 0.15) is 122 Å². The molecule has 3 heteroatoms. The van der Waals surface area contributed by atoms with Gasteiger partial charge in [0.2, 0.25) is 0 Å². The number of hydrogen-bond donors (Lipinski definition) is 2. The number of benzene rings is 1. The lowest BCUT2D eigenvalue weighted by molar-refractivity contribution is 0.573. The van der Waals surface area contributed by atoms with Crippen LogP contribution in [-0.4, -0.2) is 11.7 Å². The lowest BCUT2D eigenvalue weighted by atomic mass is 9.89. The molecule has 0 aliphatic carbocycles. The molecule has 28 heavy (non-hydrogen) atoms. The van der Waals surface area contributed by atoms with Gasteiger partial charge in [-0.2, -0.15) is 0 Å². The second-order valence-electron chi connectivity index (χ2n) is 8.29. The highest BCUT2D eigenvalue weighted by Gasteiger charge is 2.17. The number of unbranched alkanes of at least 4 members (excludes halogenated alkanes) is 7. The molecule has 1 aromatic carbocycles. The molecule has 0 saturated heterocycles. The average Bonchev–Trinajstić information content (AvgIpc) is 2.71. The molecule has 2 unspecified atom stereocenters. The largest absolute Gasteiger partial charge is 0.362 e. The Labute approximate surface area is 180 Å². The van der Waals surface area contributed by atoms with Gasteiger partial charge in [-0.15, -0.1) is 0 Å². The standard InChI is InChI=1S/C25H44N2S/c1-6-9-10-11-12-13-14-15-19-26-25(28)27-24-22(20(4)7-2)17-16-18-23(24)21(5)8-3/h16-18,20-21H,6-15,19H2,1-5H3,(H2,26,27,28). The summed E-state index contributed by atoms with van der Waals surface area (Å²) in [5.74, 6) is 1.06. The SMILES string of the molecule is CCCCCCCCCCNC(=S)Nc1c(C(C)CC)cccc1C(C)CC. The Morgan fingerprint density at radius 3 is 1.82 bits per heavy atom. The number of anilines is 1. The highest BCUT2D eigenvalue weighted by atomic mass is 32.1. The molecule has 0 saturated carbocycles. The van der Waals surface area contributed by atoms with Gasteiger partial charge in [0.15, 0.2) is 5.11 Å². The molecule has 0 spiro atoms. The van der Waals surface area contributed by atoms with E-state index >= 15 is 0 Å². The third-order valence-corrected chi connectivity index (χ3v) is 6.22. The van der Waals surface area contributed by atoms with E-state index in [1.807, 2.05) is 0 Å². The van der Waals surface area contributed by atoms with Crippen molar-refractivity contribution in [3.8, 4) is 0 Å². The Bertz CT molecular complexity index is 527. The summed E-state index contributed by atoms with van der Waals surface area (Å²) in [5.41, 5.74) is 4.01. The first-order chi connectivity index (χ1) is 13.5. The highest BCUT2D eigenvalue weighted by Crippen LogP contribution is 2.34. The van der Waals surface area contributed by atoms with Gasteiger partial charge in [-0.25, -0.2) is 0 Å². The molecule has 0 aromatic heterocycles. The van der Waals surface area contributed by atoms with Crippen molar-refractivity contribution in [1.29, 1.82) is 0 Å². The van der Waals surface area contributed by atoms with Gasteiger partial charge in [0, 0.05) is 12.2 Å². The zero-order chi connectivity index (χ0) is 20.8. The van der Waals surface area contributed by atoms with Crippen molar-refractivity contribution in [3.63, 3.8) is 0 Å². The predicted octanol–water partition coefficient (Wildman–Crippen LogP) is 8.14. The van der Waals surface area contributed by atoms with Gasteiger partial charge in [-0.1, -0.05) is 97.8 Å². The summed E-state index contributed by atoms with van der Waals surface area (Å²) in [6.07, 6.45) is 13.0. The molecule has 1 rings (SSSR count). The molecule has 0 bridgehead atoms. The van der Waals surface area contributed by atoms with Crippen molar-refractivity contribution in [2.45, 2.75) is 111 Å². The van der Waals surface area contributed by atoms with E-state index in [0.717, 1.165) is 24.5 Å². The summed E-state index contributed by atoms with van der Waals surface area (Å²) in [4.78, 5) is 0. The normalized spacial score (nSPS) is 13.2. The van der Waals surface area contributed by atoms with Crippen molar-refractivity contribution in [3.05, 3.63) is 29.3 Å². The molecule has 160 valence electrons. The number of rotatable bonds is 14. The maximum absolute atomic E-state index is 5.63. The zero-order valence-corrected chi connectivity index (χ0v) is 19.9. The van der Waals surface area contributed by atoms with E-state index in [0.29, 0.717) is 11.8 Å². The topological polar surface area (TPSA) is 24.1 Å². The van der Waals surface area contributed by atoms with Crippen LogP contribution in [0.4, 0.5) is 5.69 Å². The van der Waals surface area contributed by atoms with Crippen LogP contribution in [0, 0.1) is 0 Å². The molecule has 0 amide bonds. The zero-order valence-electron chi connectivity index (χ0n) is 19.1. The van der Waals surface area contributed by atoms with E-state index in [2.05, 4.69) is 63.5 Å². The molecule has 2 nitrogen and oxygen atoms in total. The first-order valence-electron chi connectivity index (χ1n) is 11.7. The van der Waals surface area contributed by atoms with E-state index in [4.69, 9.17) is 12.2 Å². The first-order valence-corrected chi connectivity index (χ1v) is 12.1. The minimum Gasteiger partial charge on any atom is -0.362 e. The molecular formula is C25H44N2S. The average molecular weight is 405 g/mol. The van der Waals surface area contributed by atoms with Gasteiger partial charge in [0.1, 0.15) is 0 Å². The molecule has 2 atom stereocenters. The third kappa shape index (κ3) is 8.94. The van der Waals surface area contributed by atoms with E-state index in [1.54, 1.807) is 0 Å². The Kier molecular flexibility index (Phi) is 13.2. The first kappa shape index (κ1) is 24.9. The van der Waals surface area contributed by atoms with Crippen LogP contribution < -0.4 is 10.6 Å². The number of nitrogens with one attached hydrogen (secondary N) is 2. The van der Waals surface area contributed by atoms with Gasteiger partial charge in [0.05, 0.1) is 0 Å². The molecule has 0 heterocycles. The maximum atomic E-state index is 5.63. The van der Waals surface area contributed by atoms with Crippen molar-refractivity contribution in [2.75, 3.05) is 11.9 Å². The fourth-order valence-electron chi connectivity index (χ4n) is 3.61. The van der Waals surface area contributed by atoms with Crippen LogP contribution >= 0.6 is 12.2 Å². The van der Waals surface area contributed by atoms with Crippen LogP contribution in [0.15, 0.2) is 18.2 Å². The van der Waals surface area contributed by atoms with Crippen LogP contribution in [-0.2, 0) is 0 Å². The highest BCUT2D eigenvalue weighted by molar-refractivity contribution is 7.80. The lowest BCUT2D eigenvalue weighted by Gasteiger charge is -2.23. The van der Waals surface area contributed by atoms with Crippen LogP contribution in [0.5, 0.6) is 0 Å². The molecule has 1 aromatic rings. The van der Waals surface area contributed by atoms with Crippen LogP contribution in [0.3, 0.4) is 0 Å².